The van der Waals surface area contributed by atoms with Gasteiger partial charge in [0.25, 0.3) is 0 Å². The number of aromatic nitrogens is 1. The Balaban J connectivity index is 1.35. The van der Waals surface area contributed by atoms with Crippen LogP contribution in [0.15, 0.2) is 42.7 Å². The third-order valence-electron chi connectivity index (χ3n) is 6.81. The van der Waals surface area contributed by atoms with Crippen molar-refractivity contribution in [3.8, 4) is 0 Å². The summed E-state index contributed by atoms with van der Waals surface area (Å²) in [6.07, 6.45) is 15.3. The normalized spacial score (nSPS) is 36.1. The van der Waals surface area contributed by atoms with Gasteiger partial charge in [-0.25, -0.2) is 4.57 Å². The maximum Gasteiger partial charge on any atom is 0.176 e. The number of hydrogen-bond acceptors (Lipinski definition) is 0. The van der Waals surface area contributed by atoms with Crippen LogP contribution in [0, 0.1) is 23.2 Å². The Labute approximate surface area is 133 Å². The van der Waals surface area contributed by atoms with E-state index >= 15 is 0 Å². The van der Waals surface area contributed by atoms with Crippen molar-refractivity contribution in [1.29, 1.82) is 0 Å². The zero-order valence-corrected chi connectivity index (χ0v) is 13.4. The van der Waals surface area contributed by atoms with E-state index in [1.165, 1.54) is 43.0 Å². The molecule has 4 fully saturated rings. The second-order valence-electron chi connectivity index (χ2n) is 8.48. The first-order valence-electron chi connectivity index (χ1n) is 9.16. The molecule has 0 amide bonds. The molecule has 1 aromatic heterocycles. The minimum absolute atomic E-state index is 0.702. The standard InChI is InChI=1S/C21H26N/c1-2-4-20-15-22(7-5-19(20)3-1)8-6-21-12-16-9-17(13-21)11-18(10-16)14-21/h1-5,7,15-18H,6,8-14H2/q+1. The summed E-state index contributed by atoms with van der Waals surface area (Å²) < 4.78 is 2.43. The van der Waals surface area contributed by atoms with Crippen LogP contribution in [0.5, 0.6) is 0 Å². The van der Waals surface area contributed by atoms with Crippen molar-refractivity contribution in [1.82, 2.24) is 0 Å². The Morgan fingerprint density at radius 1 is 0.864 bits per heavy atom. The third-order valence-corrected chi connectivity index (χ3v) is 6.81. The van der Waals surface area contributed by atoms with E-state index in [0.717, 1.165) is 17.8 Å². The first-order valence-corrected chi connectivity index (χ1v) is 9.16. The topological polar surface area (TPSA) is 3.88 Å². The Hall–Kier alpha value is -1.37. The molecule has 2 aromatic rings. The Bertz CT molecular complexity index is 667. The zero-order valence-electron chi connectivity index (χ0n) is 13.4. The minimum atomic E-state index is 0.702. The highest BCUT2D eigenvalue weighted by molar-refractivity contribution is 5.80. The molecule has 4 aliphatic carbocycles. The molecular formula is C21H26N+. The SMILES string of the molecule is c1ccc2c[n+](CCC34CC5CC(CC(C5)C3)C4)ccc2c1. The van der Waals surface area contributed by atoms with Gasteiger partial charge in [0.15, 0.2) is 12.4 Å². The van der Waals surface area contributed by atoms with Gasteiger partial charge in [-0.2, -0.15) is 0 Å². The van der Waals surface area contributed by atoms with Crippen LogP contribution in [0.25, 0.3) is 10.8 Å². The summed E-state index contributed by atoms with van der Waals surface area (Å²) in [4.78, 5) is 0. The van der Waals surface area contributed by atoms with Crippen molar-refractivity contribution in [2.24, 2.45) is 23.2 Å². The van der Waals surface area contributed by atoms with E-state index in [4.69, 9.17) is 0 Å². The number of aryl methyl sites for hydroxylation is 1. The molecule has 4 saturated carbocycles. The van der Waals surface area contributed by atoms with Gasteiger partial charge in [-0.15, -0.1) is 0 Å². The van der Waals surface area contributed by atoms with E-state index in [1.807, 2.05) is 0 Å². The van der Waals surface area contributed by atoms with Gasteiger partial charge in [0.05, 0.1) is 0 Å². The average Bonchev–Trinajstić information content (AvgIpc) is 2.52. The van der Waals surface area contributed by atoms with E-state index in [0.29, 0.717) is 5.41 Å². The Kier molecular flexibility index (Phi) is 2.87. The Morgan fingerprint density at radius 3 is 2.18 bits per heavy atom. The van der Waals surface area contributed by atoms with Crippen molar-refractivity contribution in [3.63, 3.8) is 0 Å². The largest absolute Gasteiger partial charge is 0.204 e. The van der Waals surface area contributed by atoms with Crippen molar-refractivity contribution in [2.75, 3.05) is 0 Å². The molecule has 0 unspecified atom stereocenters. The number of nitrogens with zero attached hydrogens (tertiary/aromatic N) is 1. The van der Waals surface area contributed by atoms with Crippen LogP contribution < -0.4 is 4.57 Å². The fourth-order valence-electron chi connectivity index (χ4n) is 6.28. The molecule has 4 aliphatic rings. The number of rotatable bonds is 3. The smallest absolute Gasteiger partial charge is 0.176 e. The number of pyridine rings is 1. The summed E-state index contributed by atoms with van der Waals surface area (Å²) in [5, 5.41) is 2.73. The predicted molar refractivity (Wildman–Crippen MR) is 89.4 cm³/mol. The highest BCUT2D eigenvalue weighted by Gasteiger charge is 2.50. The van der Waals surface area contributed by atoms with E-state index < -0.39 is 0 Å². The number of fused-ring (bicyclic) bond motifs is 1. The van der Waals surface area contributed by atoms with Crippen molar-refractivity contribution in [3.05, 3.63) is 42.7 Å². The monoisotopic (exact) mass is 292 g/mol. The van der Waals surface area contributed by atoms with Gasteiger partial charge in [0, 0.05) is 17.9 Å². The molecule has 22 heavy (non-hydrogen) atoms. The average molecular weight is 292 g/mol. The van der Waals surface area contributed by atoms with Gasteiger partial charge in [-0.3, -0.25) is 0 Å². The predicted octanol–water partition coefficient (Wildman–Crippen LogP) is 4.73. The molecule has 1 nitrogen and oxygen atoms in total. The molecule has 0 N–H and O–H groups in total. The molecule has 0 radical (unpaired) electrons. The molecule has 114 valence electrons. The second-order valence-corrected chi connectivity index (χ2v) is 8.48. The van der Waals surface area contributed by atoms with Gasteiger partial charge in [-0.05, 0) is 73.1 Å². The maximum atomic E-state index is 2.43. The highest BCUT2D eigenvalue weighted by atomic mass is 14.9. The summed E-state index contributed by atoms with van der Waals surface area (Å²) in [6.45, 7) is 1.21. The summed E-state index contributed by atoms with van der Waals surface area (Å²) in [5.74, 6) is 3.23. The third kappa shape index (κ3) is 2.17. The van der Waals surface area contributed by atoms with Crippen LogP contribution in [0.3, 0.4) is 0 Å². The summed E-state index contributed by atoms with van der Waals surface area (Å²) in [7, 11) is 0. The van der Waals surface area contributed by atoms with Crippen molar-refractivity contribution < 1.29 is 4.57 Å². The molecule has 0 spiro atoms. The molecule has 1 heterocycles. The van der Waals surface area contributed by atoms with Crippen LogP contribution in [-0.2, 0) is 6.54 Å². The molecule has 6 rings (SSSR count). The van der Waals surface area contributed by atoms with Crippen LogP contribution >= 0.6 is 0 Å². The molecule has 0 atom stereocenters. The van der Waals surface area contributed by atoms with Gasteiger partial charge in [0.2, 0.25) is 0 Å². The van der Waals surface area contributed by atoms with Crippen LogP contribution in [0.1, 0.15) is 44.9 Å². The lowest BCUT2D eigenvalue weighted by Gasteiger charge is -2.56. The zero-order chi connectivity index (χ0) is 14.6. The van der Waals surface area contributed by atoms with Crippen LogP contribution in [0.4, 0.5) is 0 Å². The van der Waals surface area contributed by atoms with Crippen LogP contribution in [-0.4, -0.2) is 0 Å². The second kappa shape index (κ2) is 4.81. The molecule has 1 aromatic carbocycles. The van der Waals surface area contributed by atoms with Gasteiger partial charge in [0.1, 0.15) is 6.54 Å². The van der Waals surface area contributed by atoms with E-state index in [-0.39, 0.29) is 0 Å². The fraction of sp³-hybridized carbons (Fsp3) is 0.571. The number of benzene rings is 1. The van der Waals surface area contributed by atoms with Gasteiger partial charge in [-0.1, -0.05) is 18.2 Å². The Morgan fingerprint density at radius 2 is 1.50 bits per heavy atom. The first kappa shape index (κ1) is 13.1. The summed E-state index contributed by atoms with van der Waals surface area (Å²) in [5.41, 5.74) is 0.702. The number of hydrogen-bond donors (Lipinski definition) is 0. The van der Waals surface area contributed by atoms with Crippen LogP contribution in [0.2, 0.25) is 0 Å². The fourth-order valence-corrected chi connectivity index (χ4v) is 6.28. The van der Waals surface area contributed by atoms with E-state index in [2.05, 4.69) is 47.3 Å². The molecule has 4 bridgehead atoms. The lowest BCUT2D eigenvalue weighted by Crippen LogP contribution is -2.48. The van der Waals surface area contributed by atoms with Crippen molar-refractivity contribution >= 4 is 10.8 Å². The lowest BCUT2D eigenvalue weighted by atomic mass is 9.49. The van der Waals surface area contributed by atoms with Crippen molar-refractivity contribution in [2.45, 2.75) is 51.5 Å². The quantitative estimate of drug-likeness (QED) is 0.720. The first-order chi connectivity index (χ1) is 10.8. The van der Waals surface area contributed by atoms with E-state index in [9.17, 15) is 0 Å². The molecule has 0 saturated heterocycles. The lowest BCUT2D eigenvalue weighted by molar-refractivity contribution is -0.698. The van der Waals surface area contributed by atoms with Gasteiger partial charge >= 0.3 is 0 Å². The van der Waals surface area contributed by atoms with E-state index in [1.54, 1.807) is 19.3 Å². The molecule has 0 aliphatic heterocycles. The van der Waals surface area contributed by atoms with Gasteiger partial charge < -0.3 is 0 Å². The summed E-state index contributed by atoms with van der Waals surface area (Å²) >= 11 is 0. The molecular weight excluding hydrogens is 266 g/mol. The highest BCUT2D eigenvalue weighted by Crippen LogP contribution is 2.61. The summed E-state index contributed by atoms with van der Waals surface area (Å²) in [6, 6.07) is 11.0. The molecule has 1 heteroatoms. The maximum absolute atomic E-state index is 2.43. The minimum Gasteiger partial charge on any atom is -0.204 e.